The third-order valence-corrected chi connectivity index (χ3v) is 3.91. The summed E-state index contributed by atoms with van der Waals surface area (Å²) in [6.45, 7) is 5.18. The number of hydrogen-bond acceptors (Lipinski definition) is 4. The van der Waals surface area contributed by atoms with Gasteiger partial charge in [0.2, 0.25) is 0 Å². The molecule has 0 spiro atoms. The van der Waals surface area contributed by atoms with Crippen LogP contribution >= 0.6 is 10.7 Å². The number of amides is 1. The number of methoxy groups -OCH3 is 1. The summed E-state index contributed by atoms with van der Waals surface area (Å²) < 4.78 is 29.2. The van der Waals surface area contributed by atoms with Gasteiger partial charge < -0.3 is 14.6 Å². The Labute approximate surface area is 123 Å². The van der Waals surface area contributed by atoms with E-state index in [0.29, 0.717) is 25.6 Å². The highest BCUT2D eigenvalue weighted by Crippen LogP contribution is 2.18. The molecule has 0 aliphatic heterocycles. The molecular weight excluding hydrogens is 304 g/mol. The summed E-state index contributed by atoms with van der Waals surface area (Å²) in [6, 6.07) is 1.27. The number of hydrogen-bond donors (Lipinski definition) is 1. The highest BCUT2D eigenvalue weighted by molar-refractivity contribution is 8.13. The molecule has 0 aromatic carbocycles. The van der Waals surface area contributed by atoms with Crippen molar-refractivity contribution in [2.24, 2.45) is 5.92 Å². The van der Waals surface area contributed by atoms with Gasteiger partial charge in [0.15, 0.2) is 0 Å². The molecule has 1 N–H and O–H groups in total. The summed E-state index contributed by atoms with van der Waals surface area (Å²) in [5.41, 5.74) is 0.252. The minimum absolute atomic E-state index is 0.0926. The molecule has 0 radical (unpaired) electrons. The van der Waals surface area contributed by atoms with Crippen molar-refractivity contribution in [1.29, 1.82) is 0 Å². The zero-order chi connectivity index (χ0) is 15.3. The lowest BCUT2D eigenvalue weighted by Crippen LogP contribution is -2.29. The van der Waals surface area contributed by atoms with E-state index in [1.165, 1.54) is 23.9 Å². The van der Waals surface area contributed by atoms with Gasteiger partial charge in [-0.3, -0.25) is 4.79 Å². The normalized spacial score (nSPS) is 11.8. The zero-order valence-electron chi connectivity index (χ0n) is 11.7. The van der Waals surface area contributed by atoms with Crippen molar-refractivity contribution in [3.05, 3.63) is 18.0 Å². The Morgan fingerprint density at radius 1 is 1.50 bits per heavy atom. The third-order valence-electron chi connectivity index (χ3n) is 2.59. The van der Waals surface area contributed by atoms with Crippen LogP contribution < -0.4 is 5.32 Å². The zero-order valence-corrected chi connectivity index (χ0v) is 13.3. The molecule has 0 saturated heterocycles. The van der Waals surface area contributed by atoms with E-state index >= 15 is 0 Å². The Morgan fingerprint density at radius 3 is 2.65 bits per heavy atom. The predicted molar refractivity (Wildman–Crippen MR) is 76.5 cm³/mol. The van der Waals surface area contributed by atoms with Crippen LogP contribution in [0.4, 0.5) is 0 Å². The molecule has 8 heteroatoms. The average molecular weight is 323 g/mol. The Balaban J connectivity index is 3.02. The molecular formula is C12H19ClN2O4S. The maximum Gasteiger partial charge on any atom is 0.267 e. The number of aromatic nitrogens is 1. The summed E-state index contributed by atoms with van der Waals surface area (Å²) in [5, 5.41) is 2.74. The summed E-state index contributed by atoms with van der Waals surface area (Å²) in [5.74, 6) is -0.0288. The number of carbonyl (C=O) groups is 1. The second-order valence-corrected chi connectivity index (χ2v) is 7.35. The van der Waals surface area contributed by atoms with E-state index in [1.54, 1.807) is 0 Å². The molecule has 1 aromatic rings. The Bertz CT molecular complexity index is 566. The van der Waals surface area contributed by atoms with Crippen LogP contribution in [0, 0.1) is 5.92 Å². The fourth-order valence-electron chi connectivity index (χ4n) is 1.57. The molecule has 1 aromatic heterocycles. The number of halogens is 1. The SMILES string of the molecule is COCCn1cc(S(=O)(=O)Cl)cc1C(=O)NCC(C)C. The van der Waals surface area contributed by atoms with Crippen molar-refractivity contribution in [2.75, 3.05) is 20.3 Å². The van der Waals surface area contributed by atoms with Crippen molar-refractivity contribution in [3.8, 4) is 0 Å². The van der Waals surface area contributed by atoms with Crippen molar-refractivity contribution >= 4 is 25.6 Å². The van der Waals surface area contributed by atoms with Crippen molar-refractivity contribution in [3.63, 3.8) is 0 Å². The van der Waals surface area contributed by atoms with Gasteiger partial charge in [-0.1, -0.05) is 13.8 Å². The van der Waals surface area contributed by atoms with E-state index in [-0.39, 0.29) is 16.5 Å². The van der Waals surface area contributed by atoms with Crippen LogP contribution in [0.3, 0.4) is 0 Å². The maximum atomic E-state index is 12.1. The van der Waals surface area contributed by atoms with Gasteiger partial charge in [0.05, 0.1) is 6.61 Å². The van der Waals surface area contributed by atoms with E-state index < -0.39 is 9.05 Å². The maximum absolute atomic E-state index is 12.1. The van der Waals surface area contributed by atoms with E-state index in [9.17, 15) is 13.2 Å². The smallest absolute Gasteiger partial charge is 0.267 e. The average Bonchev–Trinajstić information content (AvgIpc) is 2.77. The predicted octanol–water partition coefficient (Wildman–Crippen LogP) is 1.45. The largest absolute Gasteiger partial charge is 0.383 e. The molecule has 6 nitrogen and oxygen atoms in total. The van der Waals surface area contributed by atoms with Gasteiger partial charge in [-0.2, -0.15) is 0 Å². The van der Waals surface area contributed by atoms with Crippen LogP contribution in [0.25, 0.3) is 0 Å². The number of carbonyl (C=O) groups excluding carboxylic acids is 1. The van der Waals surface area contributed by atoms with Crippen molar-refractivity contribution < 1.29 is 17.9 Å². The summed E-state index contributed by atoms with van der Waals surface area (Å²) in [6.07, 6.45) is 1.34. The van der Waals surface area contributed by atoms with Gasteiger partial charge in [-0.25, -0.2) is 8.42 Å². The van der Waals surface area contributed by atoms with E-state index in [0.717, 1.165) is 0 Å². The van der Waals surface area contributed by atoms with E-state index in [1.807, 2.05) is 13.8 Å². The second kappa shape index (κ2) is 7.10. The molecule has 0 aliphatic rings. The lowest BCUT2D eigenvalue weighted by atomic mass is 10.2. The van der Waals surface area contributed by atoms with Crippen LogP contribution in [0.2, 0.25) is 0 Å². The van der Waals surface area contributed by atoms with Crippen LogP contribution in [0.5, 0.6) is 0 Å². The van der Waals surface area contributed by atoms with Crippen LogP contribution in [0.15, 0.2) is 17.2 Å². The molecule has 1 heterocycles. The molecule has 1 rings (SSSR count). The number of ether oxygens (including phenoxy) is 1. The summed E-state index contributed by atoms with van der Waals surface area (Å²) >= 11 is 0. The molecule has 114 valence electrons. The molecule has 0 unspecified atom stereocenters. The van der Waals surface area contributed by atoms with Gasteiger partial charge in [-0.15, -0.1) is 0 Å². The standard InChI is InChI=1S/C12H19ClN2O4S/c1-9(2)7-14-12(16)11-6-10(20(13,17)18)8-15(11)4-5-19-3/h6,8-9H,4-5,7H2,1-3H3,(H,14,16). The molecule has 1 amide bonds. The fourth-order valence-corrected chi connectivity index (χ4v) is 2.33. The summed E-state index contributed by atoms with van der Waals surface area (Å²) in [4.78, 5) is 12.0. The summed E-state index contributed by atoms with van der Waals surface area (Å²) in [7, 11) is 2.97. The van der Waals surface area contributed by atoms with Gasteiger partial charge in [-0.05, 0) is 12.0 Å². The fraction of sp³-hybridized carbons (Fsp3) is 0.583. The van der Waals surface area contributed by atoms with Crippen molar-refractivity contribution in [1.82, 2.24) is 9.88 Å². The molecule has 0 fully saturated rings. The third kappa shape index (κ3) is 4.81. The van der Waals surface area contributed by atoms with Crippen LogP contribution in [-0.4, -0.2) is 39.2 Å². The lowest BCUT2D eigenvalue weighted by molar-refractivity contribution is 0.0937. The van der Waals surface area contributed by atoms with Gasteiger partial charge >= 0.3 is 0 Å². The number of rotatable bonds is 7. The Kier molecular flexibility index (Phi) is 6.04. The number of nitrogens with one attached hydrogen (secondary N) is 1. The quantitative estimate of drug-likeness (QED) is 0.771. The van der Waals surface area contributed by atoms with Crippen LogP contribution in [-0.2, 0) is 20.3 Å². The molecule has 20 heavy (non-hydrogen) atoms. The molecule has 0 atom stereocenters. The van der Waals surface area contributed by atoms with Crippen molar-refractivity contribution in [2.45, 2.75) is 25.3 Å². The van der Waals surface area contributed by atoms with Gasteiger partial charge in [0.25, 0.3) is 15.0 Å². The highest BCUT2D eigenvalue weighted by atomic mass is 35.7. The van der Waals surface area contributed by atoms with Crippen LogP contribution in [0.1, 0.15) is 24.3 Å². The first-order valence-electron chi connectivity index (χ1n) is 6.17. The Hall–Kier alpha value is -1.05. The van der Waals surface area contributed by atoms with Gasteiger partial charge in [0, 0.05) is 37.1 Å². The topological polar surface area (TPSA) is 77.4 Å². The minimum Gasteiger partial charge on any atom is -0.383 e. The highest BCUT2D eigenvalue weighted by Gasteiger charge is 2.19. The monoisotopic (exact) mass is 322 g/mol. The number of nitrogens with zero attached hydrogens (tertiary/aromatic N) is 1. The first-order chi connectivity index (χ1) is 9.25. The first kappa shape index (κ1) is 17.0. The minimum atomic E-state index is -3.86. The van der Waals surface area contributed by atoms with Gasteiger partial charge in [0.1, 0.15) is 10.6 Å². The second-order valence-electron chi connectivity index (χ2n) is 4.79. The first-order valence-corrected chi connectivity index (χ1v) is 8.48. The molecule has 0 saturated carbocycles. The lowest BCUT2D eigenvalue weighted by Gasteiger charge is -2.10. The van der Waals surface area contributed by atoms with E-state index in [4.69, 9.17) is 15.4 Å². The Morgan fingerprint density at radius 2 is 2.15 bits per heavy atom. The molecule has 0 bridgehead atoms. The molecule has 0 aliphatic carbocycles. The van der Waals surface area contributed by atoms with E-state index in [2.05, 4.69) is 5.32 Å².